The summed E-state index contributed by atoms with van der Waals surface area (Å²) in [5.41, 5.74) is -0.750. The van der Waals surface area contributed by atoms with Crippen LogP contribution in [0.3, 0.4) is 0 Å². The number of carbonyl (C=O) groups excluding carboxylic acids is 1. The van der Waals surface area contributed by atoms with Crippen LogP contribution in [-0.4, -0.2) is 34.7 Å². The number of carboxylic acid groups (broad SMARTS) is 1. The summed E-state index contributed by atoms with van der Waals surface area (Å²) in [5.74, 6) is -9.60. The quantitative estimate of drug-likeness (QED) is 0.699. The number of carboxylic acids is 1. The predicted molar refractivity (Wildman–Crippen MR) is 90.5 cm³/mol. The number of hydrogen-bond acceptors (Lipinski definition) is 4. The van der Waals surface area contributed by atoms with Crippen LogP contribution in [0.15, 0.2) is 18.2 Å². The van der Waals surface area contributed by atoms with Crippen LogP contribution in [-0.2, 0) is 9.53 Å². The smallest absolute Gasteiger partial charge is 0.378 e. The van der Waals surface area contributed by atoms with Crippen LogP contribution in [0.4, 0.5) is 13.2 Å². The maximum Gasteiger partial charge on any atom is 0.378 e. The second kappa shape index (κ2) is 7.78. The summed E-state index contributed by atoms with van der Waals surface area (Å²) in [5, 5.41) is 8.70. The molecule has 1 saturated carbocycles. The molecule has 8 heteroatoms. The second-order valence-electron chi connectivity index (χ2n) is 7.40. The SMILES string of the molecule is CC(C)C(OC(=O)c1ccc(F)c(OC2(C)CCCC2)c1)C(F)(F)C(=O)O. The van der Waals surface area contributed by atoms with Gasteiger partial charge in [-0.25, -0.2) is 14.0 Å². The molecule has 150 valence electrons. The van der Waals surface area contributed by atoms with E-state index < -0.39 is 41.3 Å². The largest absolute Gasteiger partial charge is 0.484 e. The molecule has 0 aromatic heterocycles. The molecule has 5 nitrogen and oxygen atoms in total. The van der Waals surface area contributed by atoms with E-state index in [2.05, 4.69) is 0 Å². The monoisotopic (exact) mass is 388 g/mol. The van der Waals surface area contributed by atoms with Crippen LogP contribution in [0, 0.1) is 11.7 Å². The summed E-state index contributed by atoms with van der Waals surface area (Å²) >= 11 is 0. The van der Waals surface area contributed by atoms with E-state index in [9.17, 15) is 22.8 Å². The first-order valence-corrected chi connectivity index (χ1v) is 8.77. The second-order valence-corrected chi connectivity index (χ2v) is 7.40. The highest BCUT2D eigenvalue weighted by atomic mass is 19.3. The van der Waals surface area contributed by atoms with Crippen molar-refractivity contribution in [1.82, 2.24) is 0 Å². The average Bonchev–Trinajstić information content (AvgIpc) is 3.00. The fraction of sp³-hybridized carbons (Fsp3) is 0.579. The van der Waals surface area contributed by atoms with E-state index in [1.807, 2.05) is 6.92 Å². The Balaban J connectivity index is 2.23. The minimum atomic E-state index is -4.25. The molecule has 1 aromatic rings. The van der Waals surface area contributed by atoms with E-state index in [0.29, 0.717) is 0 Å². The standard InChI is InChI=1S/C19H23F3O5/c1-11(2)15(19(21,22)17(24)25)26-16(23)12-6-7-13(20)14(10-12)27-18(3)8-4-5-9-18/h6-7,10-11,15H,4-5,8-9H2,1-3H3,(H,24,25). The minimum absolute atomic E-state index is 0.167. The summed E-state index contributed by atoms with van der Waals surface area (Å²) in [4.78, 5) is 23.1. The van der Waals surface area contributed by atoms with Crippen LogP contribution in [0.2, 0.25) is 0 Å². The number of benzene rings is 1. The van der Waals surface area contributed by atoms with Gasteiger partial charge in [-0.05, 0) is 56.7 Å². The first-order chi connectivity index (χ1) is 12.5. The number of ether oxygens (including phenoxy) is 2. The molecule has 0 spiro atoms. The zero-order chi connectivity index (χ0) is 20.4. The highest BCUT2D eigenvalue weighted by molar-refractivity contribution is 5.90. The Bertz CT molecular complexity index is 711. The van der Waals surface area contributed by atoms with Crippen molar-refractivity contribution >= 4 is 11.9 Å². The molecule has 0 amide bonds. The topological polar surface area (TPSA) is 72.8 Å². The Labute approximate surface area is 155 Å². The molecule has 1 N–H and O–H groups in total. The number of carbonyl (C=O) groups is 2. The van der Waals surface area contributed by atoms with Gasteiger partial charge in [-0.15, -0.1) is 0 Å². The minimum Gasteiger partial charge on any atom is -0.484 e. The first-order valence-electron chi connectivity index (χ1n) is 8.77. The van der Waals surface area contributed by atoms with Crippen molar-refractivity contribution in [2.45, 2.75) is 64.1 Å². The van der Waals surface area contributed by atoms with Crippen LogP contribution < -0.4 is 4.74 Å². The van der Waals surface area contributed by atoms with Crippen LogP contribution >= 0.6 is 0 Å². The lowest BCUT2D eigenvalue weighted by molar-refractivity contribution is -0.187. The van der Waals surface area contributed by atoms with Gasteiger partial charge in [0, 0.05) is 0 Å². The van der Waals surface area contributed by atoms with Gasteiger partial charge >= 0.3 is 17.9 Å². The molecule has 1 fully saturated rings. The number of rotatable bonds is 7. The van der Waals surface area contributed by atoms with Crippen LogP contribution in [0.5, 0.6) is 5.75 Å². The third-order valence-corrected chi connectivity index (χ3v) is 4.67. The number of hydrogen-bond donors (Lipinski definition) is 1. The predicted octanol–water partition coefficient (Wildman–Crippen LogP) is 4.44. The number of aliphatic carboxylic acids is 1. The van der Waals surface area contributed by atoms with Crippen LogP contribution in [0.1, 0.15) is 56.8 Å². The molecule has 1 aliphatic carbocycles. The molecule has 0 saturated heterocycles. The van der Waals surface area contributed by atoms with E-state index in [1.165, 1.54) is 13.8 Å². The third kappa shape index (κ3) is 4.73. The number of alkyl halides is 2. The van der Waals surface area contributed by atoms with E-state index in [0.717, 1.165) is 43.9 Å². The lowest BCUT2D eigenvalue weighted by atomic mass is 10.0. The van der Waals surface area contributed by atoms with Crippen molar-refractivity contribution in [2.24, 2.45) is 5.92 Å². The fourth-order valence-corrected chi connectivity index (χ4v) is 3.13. The lowest BCUT2D eigenvalue weighted by Gasteiger charge is -2.27. The van der Waals surface area contributed by atoms with E-state index in [-0.39, 0.29) is 11.3 Å². The third-order valence-electron chi connectivity index (χ3n) is 4.67. The molecule has 1 atom stereocenters. The molecule has 0 heterocycles. The maximum absolute atomic E-state index is 14.1. The Morgan fingerprint density at radius 3 is 2.33 bits per heavy atom. The summed E-state index contributed by atoms with van der Waals surface area (Å²) < 4.78 is 52.2. The van der Waals surface area contributed by atoms with Gasteiger partial charge in [0.2, 0.25) is 0 Å². The summed E-state index contributed by atoms with van der Waals surface area (Å²) in [7, 11) is 0. The summed E-state index contributed by atoms with van der Waals surface area (Å²) in [6.07, 6.45) is 1.20. The first kappa shape index (κ1) is 21.1. The Morgan fingerprint density at radius 1 is 1.22 bits per heavy atom. The molecule has 0 bridgehead atoms. The molecule has 0 aliphatic heterocycles. The zero-order valence-corrected chi connectivity index (χ0v) is 15.4. The van der Waals surface area contributed by atoms with Crippen molar-refractivity contribution in [1.29, 1.82) is 0 Å². The molecule has 1 aliphatic rings. The highest BCUT2D eigenvalue weighted by Gasteiger charge is 2.51. The van der Waals surface area contributed by atoms with E-state index >= 15 is 0 Å². The molecular weight excluding hydrogens is 365 g/mol. The van der Waals surface area contributed by atoms with Crippen LogP contribution in [0.25, 0.3) is 0 Å². The normalized spacial score (nSPS) is 17.6. The van der Waals surface area contributed by atoms with Gasteiger partial charge in [-0.3, -0.25) is 0 Å². The molecular formula is C19H23F3O5. The molecule has 2 rings (SSSR count). The van der Waals surface area contributed by atoms with E-state index in [4.69, 9.17) is 14.6 Å². The average molecular weight is 388 g/mol. The number of halogens is 3. The Morgan fingerprint density at radius 2 is 1.81 bits per heavy atom. The molecule has 1 unspecified atom stereocenters. The Kier molecular flexibility index (Phi) is 6.07. The summed E-state index contributed by atoms with van der Waals surface area (Å²) in [6, 6.07) is 3.17. The zero-order valence-electron chi connectivity index (χ0n) is 15.4. The van der Waals surface area contributed by atoms with Crippen molar-refractivity contribution < 1.29 is 37.3 Å². The Hall–Kier alpha value is -2.25. The van der Waals surface area contributed by atoms with Gasteiger partial charge in [-0.2, -0.15) is 8.78 Å². The number of esters is 1. The fourth-order valence-electron chi connectivity index (χ4n) is 3.13. The molecule has 27 heavy (non-hydrogen) atoms. The molecule has 1 aromatic carbocycles. The lowest BCUT2D eigenvalue weighted by Crippen LogP contribution is -2.47. The van der Waals surface area contributed by atoms with Gasteiger partial charge in [0.15, 0.2) is 17.7 Å². The summed E-state index contributed by atoms with van der Waals surface area (Å²) in [6.45, 7) is 4.47. The van der Waals surface area contributed by atoms with Gasteiger partial charge in [-0.1, -0.05) is 13.8 Å². The molecule has 0 radical (unpaired) electrons. The van der Waals surface area contributed by atoms with E-state index in [1.54, 1.807) is 0 Å². The van der Waals surface area contributed by atoms with Crippen molar-refractivity contribution in [3.05, 3.63) is 29.6 Å². The van der Waals surface area contributed by atoms with Crippen molar-refractivity contribution in [2.75, 3.05) is 0 Å². The highest BCUT2D eigenvalue weighted by Crippen LogP contribution is 2.35. The van der Waals surface area contributed by atoms with Crippen molar-refractivity contribution in [3.8, 4) is 5.75 Å². The van der Waals surface area contributed by atoms with Gasteiger partial charge in [0.25, 0.3) is 0 Å². The van der Waals surface area contributed by atoms with Crippen molar-refractivity contribution in [3.63, 3.8) is 0 Å². The van der Waals surface area contributed by atoms with Gasteiger partial charge in [0.05, 0.1) is 5.56 Å². The maximum atomic E-state index is 14.1. The van der Waals surface area contributed by atoms with Gasteiger partial charge < -0.3 is 14.6 Å². The van der Waals surface area contributed by atoms with Gasteiger partial charge in [0.1, 0.15) is 5.60 Å².